The minimum atomic E-state index is -0.444. The van der Waals surface area contributed by atoms with Gasteiger partial charge in [0.05, 0.1) is 0 Å². The molecular formula is C3H7KOS2. The van der Waals surface area contributed by atoms with Gasteiger partial charge in [-0.15, -0.1) is 0 Å². The summed E-state index contributed by atoms with van der Waals surface area (Å²) >= 11 is 6.38. The molecule has 0 atom stereocenters. The number of carbonyl (C=O) groups is 1. The molecule has 0 aliphatic rings. The van der Waals surface area contributed by atoms with E-state index in [-0.39, 0.29) is 51.4 Å². The van der Waals surface area contributed by atoms with Gasteiger partial charge in [-0.1, -0.05) is 25.3 Å². The molecule has 0 radical (unpaired) electrons. The van der Waals surface area contributed by atoms with Crippen molar-refractivity contribution in [3.8, 4) is 0 Å². The van der Waals surface area contributed by atoms with Crippen molar-refractivity contribution in [1.29, 1.82) is 0 Å². The number of rotatable bonds is 0. The number of thiol groups is 2. The van der Waals surface area contributed by atoms with Crippen LogP contribution in [0, 0.1) is 6.92 Å². The Morgan fingerprint density at radius 2 is 1.43 bits per heavy atom. The fraction of sp³-hybridized carbons (Fsp3) is 0.333. The average molecular weight is 162 g/mol. The summed E-state index contributed by atoms with van der Waals surface area (Å²) in [5, 5.41) is 0. The van der Waals surface area contributed by atoms with Crippen LogP contribution in [0.3, 0.4) is 0 Å². The van der Waals surface area contributed by atoms with Crippen LogP contribution in [0.1, 0.15) is 6.92 Å². The van der Waals surface area contributed by atoms with Gasteiger partial charge in [-0.2, -0.15) is 6.92 Å². The molecule has 0 spiro atoms. The molecule has 7 heavy (non-hydrogen) atoms. The molecule has 0 N–H and O–H groups in total. The standard InChI is InChI=1S/C2H5.CH2OS2.K/c1-2;2-1(3)4;/h1H2,2H3;(H2,2,3,4);/q-1;;+1. The van der Waals surface area contributed by atoms with Crippen molar-refractivity contribution >= 4 is 29.7 Å². The zero-order valence-corrected chi connectivity index (χ0v) is 9.42. The van der Waals surface area contributed by atoms with E-state index < -0.39 is 4.45 Å². The first-order valence-electron chi connectivity index (χ1n) is 1.36. The second-order valence-electron chi connectivity index (χ2n) is 0.283. The first kappa shape index (κ1) is 16.0. The Labute approximate surface area is 97.9 Å². The Bertz CT molecular complexity index is 35.9. The summed E-state index contributed by atoms with van der Waals surface area (Å²) in [4.78, 5) is 9.17. The zero-order chi connectivity index (χ0) is 5.58. The maximum atomic E-state index is 9.17. The molecule has 0 fully saturated rings. The summed E-state index contributed by atoms with van der Waals surface area (Å²) in [7, 11) is 0. The van der Waals surface area contributed by atoms with Crippen LogP contribution >= 0.6 is 25.3 Å². The molecule has 0 aliphatic heterocycles. The average Bonchev–Trinajstić information content (AvgIpc) is 1.41. The Hall–Kier alpha value is 2.01. The van der Waals surface area contributed by atoms with Gasteiger partial charge in [0, 0.05) is 0 Å². The predicted octanol–water partition coefficient (Wildman–Crippen LogP) is -1.19. The van der Waals surface area contributed by atoms with Crippen LogP contribution in [-0.2, 0) is 0 Å². The third-order valence-electron chi connectivity index (χ3n) is 0. The maximum Gasteiger partial charge on any atom is 1.00 e. The van der Waals surface area contributed by atoms with Crippen molar-refractivity contribution in [1.82, 2.24) is 0 Å². The van der Waals surface area contributed by atoms with E-state index in [1.165, 1.54) is 0 Å². The molecule has 0 aromatic rings. The van der Waals surface area contributed by atoms with Gasteiger partial charge in [-0.25, -0.2) is 0 Å². The van der Waals surface area contributed by atoms with Crippen molar-refractivity contribution in [3.63, 3.8) is 0 Å². The van der Waals surface area contributed by atoms with Crippen molar-refractivity contribution in [2.75, 3.05) is 0 Å². The second kappa shape index (κ2) is 15.7. The smallest absolute Gasteiger partial charge is 0.346 e. The molecule has 0 bridgehead atoms. The predicted molar refractivity (Wildman–Crippen MR) is 34.4 cm³/mol. The van der Waals surface area contributed by atoms with E-state index in [0.717, 1.165) is 0 Å². The monoisotopic (exact) mass is 162 g/mol. The van der Waals surface area contributed by atoms with Crippen LogP contribution in [-0.4, -0.2) is 4.45 Å². The van der Waals surface area contributed by atoms with Crippen LogP contribution in [0.25, 0.3) is 0 Å². The number of carbonyl (C=O) groups excluding carboxylic acids is 1. The van der Waals surface area contributed by atoms with Crippen LogP contribution < -0.4 is 51.4 Å². The van der Waals surface area contributed by atoms with Gasteiger partial charge in [-0.3, -0.25) is 4.79 Å². The van der Waals surface area contributed by atoms with Crippen molar-refractivity contribution in [2.24, 2.45) is 0 Å². The van der Waals surface area contributed by atoms with E-state index in [4.69, 9.17) is 0 Å². The molecule has 0 aliphatic carbocycles. The van der Waals surface area contributed by atoms with Gasteiger partial charge < -0.3 is 6.92 Å². The molecule has 0 unspecified atom stereocenters. The topological polar surface area (TPSA) is 17.1 Å². The summed E-state index contributed by atoms with van der Waals surface area (Å²) in [5.74, 6) is 0. The van der Waals surface area contributed by atoms with Gasteiger partial charge in [0.25, 0.3) is 0 Å². The van der Waals surface area contributed by atoms with Crippen LogP contribution in [0.5, 0.6) is 0 Å². The largest absolute Gasteiger partial charge is 1.00 e. The van der Waals surface area contributed by atoms with Crippen LogP contribution in [0.15, 0.2) is 0 Å². The minimum Gasteiger partial charge on any atom is -0.346 e. The van der Waals surface area contributed by atoms with E-state index in [0.29, 0.717) is 0 Å². The van der Waals surface area contributed by atoms with Crippen molar-refractivity contribution in [3.05, 3.63) is 6.92 Å². The van der Waals surface area contributed by atoms with E-state index in [9.17, 15) is 4.79 Å². The van der Waals surface area contributed by atoms with E-state index in [1.807, 2.05) is 0 Å². The summed E-state index contributed by atoms with van der Waals surface area (Å²) < 4.78 is -0.444. The fourth-order valence-corrected chi connectivity index (χ4v) is 0. The number of hydrogen-bond acceptors (Lipinski definition) is 1. The molecule has 0 saturated carbocycles. The Morgan fingerprint density at radius 1 is 1.43 bits per heavy atom. The minimum absolute atomic E-state index is 0. The normalized spacial score (nSPS) is 4.57. The molecule has 4 heteroatoms. The van der Waals surface area contributed by atoms with E-state index >= 15 is 0 Å². The molecule has 0 aromatic heterocycles. The van der Waals surface area contributed by atoms with Gasteiger partial charge in [0.2, 0.25) is 4.45 Å². The summed E-state index contributed by atoms with van der Waals surface area (Å²) in [5.41, 5.74) is 0. The van der Waals surface area contributed by atoms with Crippen molar-refractivity contribution < 1.29 is 56.2 Å². The maximum absolute atomic E-state index is 9.17. The van der Waals surface area contributed by atoms with E-state index in [1.54, 1.807) is 6.92 Å². The quantitative estimate of drug-likeness (QED) is 0.260. The van der Waals surface area contributed by atoms with Crippen LogP contribution in [0.4, 0.5) is 4.79 Å². The first-order valence-corrected chi connectivity index (χ1v) is 2.25. The third kappa shape index (κ3) is 71.8. The van der Waals surface area contributed by atoms with Gasteiger partial charge >= 0.3 is 51.4 Å². The van der Waals surface area contributed by atoms with Crippen molar-refractivity contribution in [2.45, 2.75) is 6.92 Å². The third-order valence-corrected chi connectivity index (χ3v) is 0. The molecular weight excluding hydrogens is 155 g/mol. The van der Waals surface area contributed by atoms with E-state index in [2.05, 4.69) is 32.2 Å². The molecule has 0 aromatic carbocycles. The SMILES string of the molecule is O=C(S)S.[CH2-]C.[K+]. The Morgan fingerprint density at radius 3 is 1.43 bits per heavy atom. The fourth-order valence-electron chi connectivity index (χ4n) is 0. The van der Waals surface area contributed by atoms with Gasteiger partial charge in [0.1, 0.15) is 0 Å². The summed E-state index contributed by atoms with van der Waals surface area (Å²) in [6, 6.07) is 0. The molecule has 0 rings (SSSR count). The molecule has 38 valence electrons. The summed E-state index contributed by atoms with van der Waals surface area (Å²) in [6.07, 6.45) is 0. The van der Waals surface area contributed by atoms with Gasteiger partial charge in [0.15, 0.2) is 0 Å². The second-order valence-corrected chi connectivity index (χ2v) is 1.45. The Balaban J connectivity index is -0.0000000480. The molecule has 1 nitrogen and oxygen atoms in total. The number of hydrogen-bond donors (Lipinski definition) is 2. The molecule has 0 heterocycles. The van der Waals surface area contributed by atoms with Gasteiger partial charge in [-0.05, 0) is 0 Å². The zero-order valence-electron chi connectivity index (χ0n) is 4.51. The summed E-state index contributed by atoms with van der Waals surface area (Å²) in [6.45, 7) is 5.00. The van der Waals surface area contributed by atoms with Crippen LogP contribution in [0.2, 0.25) is 0 Å². The molecule has 0 saturated heterocycles. The first-order chi connectivity index (χ1) is 2.73. The molecule has 0 amide bonds. The Kier molecular flexibility index (Phi) is 35.8.